The number of thiazole rings is 1. The van der Waals surface area contributed by atoms with Crippen LogP contribution in [0.15, 0.2) is 28.1 Å². The van der Waals surface area contributed by atoms with Gasteiger partial charge in [-0.15, -0.1) is 11.3 Å². The largest absolute Gasteiger partial charge is 0.486 e. The minimum Gasteiger partial charge on any atom is -0.486 e. The lowest BCUT2D eigenvalue weighted by Crippen LogP contribution is -1.99. The van der Waals surface area contributed by atoms with Crippen molar-refractivity contribution in [2.24, 2.45) is 5.73 Å². The lowest BCUT2D eigenvalue weighted by molar-refractivity contribution is 0.300. The van der Waals surface area contributed by atoms with Gasteiger partial charge in [0, 0.05) is 11.9 Å². The molecule has 1 heterocycles. The first-order valence-electron chi connectivity index (χ1n) is 6.27. The van der Waals surface area contributed by atoms with E-state index >= 15 is 0 Å². The van der Waals surface area contributed by atoms with Crippen LogP contribution in [-0.4, -0.2) is 4.98 Å². The number of aromatic nitrogens is 1. The molecule has 0 aliphatic heterocycles. The molecule has 0 amide bonds. The SMILES string of the molecule is CCCc1nc(COc2ccc(CN)cc2Br)cs1. The summed E-state index contributed by atoms with van der Waals surface area (Å²) in [4.78, 5) is 4.54. The van der Waals surface area contributed by atoms with E-state index < -0.39 is 0 Å². The Morgan fingerprint density at radius 2 is 2.26 bits per heavy atom. The number of halogens is 1. The van der Waals surface area contributed by atoms with E-state index in [0.29, 0.717) is 13.2 Å². The van der Waals surface area contributed by atoms with E-state index in [1.165, 1.54) is 5.01 Å². The Morgan fingerprint density at radius 1 is 1.42 bits per heavy atom. The summed E-state index contributed by atoms with van der Waals surface area (Å²) in [6.45, 7) is 3.19. The molecule has 0 saturated heterocycles. The summed E-state index contributed by atoms with van der Waals surface area (Å²) in [5.74, 6) is 0.822. The van der Waals surface area contributed by atoms with Gasteiger partial charge in [0.05, 0.1) is 15.2 Å². The normalized spacial score (nSPS) is 10.7. The minimum absolute atomic E-state index is 0.501. The number of hydrogen-bond donors (Lipinski definition) is 1. The highest BCUT2D eigenvalue weighted by atomic mass is 79.9. The van der Waals surface area contributed by atoms with Gasteiger partial charge >= 0.3 is 0 Å². The van der Waals surface area contributed by atoms with Gasteiger partial charge in [0.25, 0.3) is 0 Å². The van der Waals surface area contributed by atoms with Crippen molar-refractivity contribution in [3.63, 3.8) is 0 Å². The van der Waals surface area contributed by atoms with E-state index in [1.807, 2.05) is 18.2 Å². The summed E-state index contributed by atoms with van der Waals surface area (Å²) in [6, 6.07) is 5.90. The number of rotatable bonds is 6. The van der Waals surface area contributed by atoms with Gasteiger partial charge in [-0.25, -0.2) is 4.98 Å². The van der Waals surface area contributed by atoms with Gasteiger partial charge in [-0.3, -0.25) is 0 Å². The van der Waals surface area contributed by atoms with E-state index in [9.17, 15) is 0 Å². The van der Waals surface area contributed by atoms with Crippen LogP contribution < -0.4 is 10.5 Å². The van der Waals surface area contributed by atoms with Crippen molar-refractivity contribution in [1.82, 2.24) is 4.98 Å². The third-order valence-corrected chi connectivity index (χ3v) is 4.25. The maximum Gasteiger partial charge on any atom is 0.134 e. The fraction of sp³-hybridized carbons (Fsp3) is 0.357. The van der Waals surface area contributed by atoms with Crippen LogP contribution in [-0.2, 0) is 19.6 Å². The molecular formula is C14H17BrN2OS. The number of hydrogen-bond acceptors (Lipinski definition) is 4. The third-order valence-electron chi connectivity index (χ3n) is 2.67. The van der Waals surface area contributed by atoms with Crippen molar-refractivity contribution in [1.29, 1.82) is 0 Å². The second-order valence-electron chi connectivity index (χ2n) is 4.24. The van der Waals surface area contributed by atoms with E-state index in [1.54, 1.807) is 11.3 Å². The van der Waals surface area contributed by atoms with E-state index in [2.05, 4.69) is 33.2 Å². The predicted molar refractivity (Wildman–Crippen MR) is 82.5 cm³/mol. The molecule has 0 saturated carbocycles. The fourth-order valence-electron chi connectivity index (χ4n) is 1.68. The van der Waals surface area contributed by atoms with Gasteiger partial charge in [0.15, 0.2) is 0 Å². The first-order chi connectivity index (χ1) is 9.22. The highest BCUT2D eigenvalue weighted by Gasteiger charge is 2.05. The average Bonchev–Trinajstić information content (AvgIpc) is 2.85. The Balaban J connectivity index is 1.97. The highest BCUT2D eigenvalue weighted by molar-refractivity contribution is 9.10. The van der Waals surface area contributed by atoms with Crippen molar-refractivity contribution < 1.29 is 4.74 Å². The first kappa shape index (κ1) is 14.5. The van der Waals surface area contributed by atoms with Crippen LogP contribution in [0.3, 0.4) is 0 Å². The number of nitrogens with zero attached hydrogens (tertiary/aromatic N) is 1. The quantitative estimate of drug-likeness (QED) is 0.867. The number of nitrogens with two attached hydrogens (primary N) is 1. The summed E-state index contributed by atoms with van der Waals surface area (Å²) in [5.41, 5.74) is 7.67. The van der Waals surface area contributed by atoms with Crippen LogP contribution in [0.4, 0.5) is 0 Å². The average molecular weight is 341 g/mol. The first-order valence-corrected chi connectivity index (χ1v) is 7.94. The molecular weight excluding hydrogens is 324 g/mol. The zero-order valence-electron chi connectivity index (χ0n) is 10.9. The fourth-order valence-corrected chi connectivity index (χ4v) is 3.11. The van der Waals surface area contributed by atoms with Crippen LogP contribution in [0, 0.1) is 0 Å². The molecule has 0 atom stereocenters. The molecule has 0 spiro atoms. The maximum atomic E-state index is 5.77. The lowest BCUT2D eigenvalue weighted by Gasteiger charge is -2.08. The van der Waals surface area contributed by atoms with Crippen LogP contribution in [0.1, 0.15) is 29.6 Å². The molecule has 0 aliphatic rings. The van der Waals surface area contributed by atoms with E-state index in [4.69, 9.17) is 10.5 Å². The summed E-state index contributed by atoms with van der Waals surface area (Å²) < 4.78 is 6.70. The lowest BCUT2D eigenvalue weighted by atomic mass is 10.2. The van der Waals surface area contributed by atoms with Crippen molar-refractivity contribution in [2.75, 3.05) is 0 Å². The summed E-state index contributed by atoms with van der Waals surface area (Å²) in [5, 5.41) is 3.24. The van der Waals surface area contributed by atoms with Crippen molar-refractivity contribution >= 4 is 27.3 Å². The monoisotopic (exact) mass is 340 g/mol. The standard InChI is InChI=1S/C14H17BrN2OS/c1-2-3-14-17-11(9-19-14)8-18-13-5-4-10(7-16)6-12(13)15/h4-6,9H,2-3,7-8,16H2,1H3. The van der Waals surface area contributed by atoms with Gasteiger partial charge in [0.1, 0.15) is 12.4 Å². The smallest absolute Gasteiger partial charge is 0.134 e. The number of aryl methyl sites for hydroxylation is 1. The molecule has 0 bridgehead atoms. The Bertz CT molecular complexity index is 542. The second-order valence-corrected chi connectivity index (χ2v) is 6.04. The Morgan fingerprint density at radius 3 is 2.95 bits per heavy atom. The number of ether oxygens (including phenoxy) is 1. The summed E-state index contributed by atoms with van der Waals surface area (Å²) >= 11 is 5.19. The van der Waals surface area contributed by atoms with Gasteiger partial charge < -0.3 is 10.5 Å². The molecule has 1 aromatic carbocycles. The van der Waals surface area contributed by atoms with E-state index in [0.717, 1.165) is 34.3 Å². The molecule has 1 aromatic heterocycles. The zero-order chi connectivity index (χ0) is 13.7. The molecule has 2 rings (SSSR count). The van der Waals surface area contributed by atoms with Crippen LogP contribution in [0.5, 0.6) is 5.75 Å². The summed E-state index contributed by atoms with van der Waals surface area (Å²) in [7, 11) is 0. The second kappa shape index (κ2) is 7.03. The number of benzene rings is 1. The molecule has 19 heavy (non-hydrogen) atoms. The predicted octanol–water partition coefficient (Wildman–Crippen LogP) is 3.90. The van der Waals surface area contributed by atoms with Crippen LogP contribution in [0.2, 0.25) is 0 Å². The Kier molecular flexibility index (Phi) is 5.36. The minimum atomic E-state index is 0.501. The molecule has 0 aliphatic carbocycles. The summed E-state index contributed by atoms with van der Waals surface area (Å²) in [6.07, 6.45) is 2.17. The van der Waals surface area contributed by atoms with Crippen molar-refractivity contribution in [3.05, 3.63) is 44.3 Å². The Labute approximate surface area is 125 Å². The van der Waals surface area contributed by atoms with Crippen LogP contribution >= 0.6 is 27.3 Å². The van der Waals surface area contributed by atoms with Gasteiger partial charge in [-0.05, 0) is 46.5 Å². The van der Waals surface area contributed by atoms with E-state index in [-0.39, 0.29) is 0 Å². The van der Waals surface area contributed by atoms with Crippen LogP contribution in [0.25, 0.3) is 0 Å². The Hall–Kier alpha value is -0.910. The van der Waals surface area contributed by atoms with Crippen molar-refractivity contribution in [3.8, 4) is 5.75 Å². The van der Waals surface area contributed by atoms with Crippen molar-refractivity contribution in [2.45, 2.75) is 32.9 Å². The topological polar surface area (TPSA) is 48.1 Å². The highest BCUT2D eigenvalue weighted by Crippen LogP contribution is 2.27. The third kappa shape index (κ3) is 4.03. The molecule has 3 nitrogen and oxygen atoms in total. The molecule has 2 aromatic rings. The maximum absolute atomic E-state index is 5.77. The zero-order valence-corrected chi connectivity index (χ0v) is 13.3. The molecule has 0 unspecified atom stereocenters. The molecule has 102 valence electrons. The molecule has 0 radical (unpaired) electrons. The molecule has 5 heteroatoms. The molecule has 0 fully saturated rings. The van der Waals surface area contributed by atoms with Gasteiger partial charge in [-0.2, -0.15) is 0 Å². The molecule has 2 N–H and O–H groups in total. The van der Waals surface area contributed by atoms with Gasteiger partial charge in [0.2, 0.25) is 0 Å². The van der Waals surface area contributed by atoms with Gasteiger partial charge in [-0.1, -0.05) is 13.0 Å².